The molecule has 0 saturated carbocycles. The smallest absolute Gasteiger partial charge is 0.163 e. The summed E-state index contributed by atoms with van der Waals surface area (Å²) in [7, 11) is 0. The summed E-state index contributed by atoms with van der Waals surface area (Å²) in [6.07, 6.45) is 2.21. The molecular weight excluding hydrogens is 316 g/mol. The van der Waals surface area contributed by atoms with Gasteiger partial charge in [0.1, 0.15) is 6.07 Å². The summed E-state index contributed by atoms with van der Waals surface area (Å²) >= 11 is 7.83. The molecule has 4 nitrogen and oxygen atoms in total. The molecule has 6 heteroatoms. The summed E-state index contributed by atoms with van der Waals surface area (Å²) in [5.41, 5.74) is 0.358. The zero-order valence-electron chi connectivity index (χ0n) is 11.9. The van der Waals surface area contributed by atoms with Crippen LogP contribution >= 0.6 is 23.4 Å². The minimum atomic E-state index is 0.358. The summed E-state index contributed by atoms with van der Waals surface area (Å²) in [6.45, 7) is 1.93. The van der Waals surface area contributed by atoms with E-state index in [1.807, 2.05) is 36.0 Å². The van der Waals surface area contributed by atoms with Gasteiger partial charge in [0.05, 0.1) is 0 Å². The van der Waals surface area contributed by atoms with Crippen LogP contribution in [0.2, 0.25) is 5.02 Å². The van der Waals surface area contributed by atoms with E-state index in [4.69, 9.17) is 16.9 Å². The summed E-state index contributed by atoms with van der Waals surface area (Å²) < 4.78 is 0. The predicted molar refractivity (Wildman–Crippen MR) is 89.3 cm³/mol. The number of thioether (sulfide) groups is 1. The van der Waals surface area contributed by atoms with E-state index in [1.54, 1.807) is 6.07 Å². The Morgan fingerprint density at radius 2 is 1.82 bits per heavy atom. The van der Waals surface area contributed by atoms with Crippen LogP contribution in [0.3, 0.4) is 0 Å². The minimum absolute atomic E-state index is 0.358. The van der Waals surface area contributed by atoms with E-state index < -0.39 is 0 Å². The molecule has 1 aliphatic rings. The average Bonchev–Trinajstić information content (AvgIpc) is 2.58. The summed E-state index contributed by atoms with van der Waals surface area (Å²) in [5, 5.41) is 18.2. The number of nitrogens with zero attached hydrogens (tertiary/aromatic N) is 4. The van der Waals surface area contributed by atoms with Crippen molar-refractivity contribution in [1.29, 1.82) is 5.26 Å². The highest BCUT2D eigenvalue weighted by molar-refractivity contribution is 8.00. The maximum Gasteiger partial charge on any atom is 0.163 e. The third-order valence-electron chi connectivity index (χ3n) is 3.65. The van der Waals surface area contributed by atoms with Crippen molar-refractivity contribution in [2.45, 2.75) is 23.0 Å². The fourth-order valence-electron chi connectivity index (χ4n) is 2.46. The number of benzene rings is 1. The maximum absolute atomic E-state index is 8.75. The lowest BCUT2D eigenvalue weighted by Gasteiger charge is -2.32. The molecule has 112 valence electrons. The second kappa shape index (κ2) is 6.99. The molecule has 0 unspecified atom stereocenters. The van der Waals surface area contributed by atoms with Gasteiger partial charge in [0, 0.05) is 28.3 Å². The molecule has 1 saturated heterocycles. The Kier molecular flexibility index (Phi) is 4.81. The molecule has 1 aliphatic heterocycles. The first-order valence-corrected chi connectivity index (χ1v) is 8.41. The van der Waals surface area contributed by atoms with Gasteiger partial charge >= 0.3 is 0 Å². The lowest BCUT2D eigenvalue weighted by atomic mass is 10.1. The Labute approximate surface area is 139 Å². The molecule has 2 aromatic rings. The second-order valence-corrected chi connectivity index (χ2v) is 6.96. The summed E-state index contributed by atoms with van der Waals surface area (Å²) in [5.74, 6) is 0.856. The molecule has 0 radical (unpaired) electrons. The van der Waals surface area contributed by atoms with E-state index in [9.17, 15) is 0 Å². The number of rotatable bonds is 3. The number of halogens is 1. The third kappa shape index (κ3) is 3.70. The maximum atomic E-state index is 8.75. The van der Waals surface area contributed by atoms with E-state index in [-0.39, 0.29) is 0 Å². The monoisotopic (exact) mass is 330 g/mol. The van der Waals surface area contributed by atoms with Gasteiger partial charge in [-0.2, -0.15) is 5.26 Å². The average molecular weight is 331 g/mol. The van der Waals surface area contributed by atoms with Gasteiger partial charge < -0.3 is 4.90 Å². The molecule has 0 amide bonds. The first-order chi connectivity index (χ1) is 10.7. The normalized spacial score (nSPS) is 15.5. The Morgan fingerprint density at radius 1 is 1.09 bits per heavy atom. The Hall–Kier alpha value is -1.77. The highest BCUT2D eigenvalue weighted by atomic mass is 35.5. The topological polar surface area (TPSA) is 52.8 Å². The van der Waals surface area contributed by atoms with Crippen molar-refractivity contribution in [2.24, 2.45) is 0 Å². The number of aromatic nitrogens is 2. The van der Waals surface area contributed by atoms with Gasteiger partial charge in [-0.15, -0.1) is 22.0 Å². The Morgan fingerprint density at radius 3 is 2.41 bits per heavy atom. The van der Waals surface area contributed by atoms with Gasteiger partial charge in [0.2, 0.25) is 0 Å². The van der Waals surface area contributed by atoms with Gasteiger partial charge in [-0.25, -0.2) is 0 Å². The van der Waals surface area contributed by atoms with E-state index in [0.29, 0.717) is 10.9 Å². The molecule has 1 aromatic heterocycles. The lowest BCUT2D eigenvalue weighted by Crippen LogP contribution is -2.35. The number of piperidine rings is 1. The van der Waals surface area contributed by atoms with Gasteiger partial charge in [0.25, 0.3) is 0 Å². The van der Waals surface area contributed by atoms with Crippen LogP contribution in [0, 0.1) is 11.3 Å². The van der Waals surface area contributed by atoms with Crippen molar-refractivity contribution in [3.8, 4) is 6.07 Å². The number of anilines is 1. The minimum Gasteiger partial charge on any atom is -0.355 e. The third-order valence-corrected chi connectivity index (χ3v) is 5.25. The zero-order valence-corrected chi connectivity index (χ0v) is 13.5. The first-order valence-electron chi connectivity index (χ1n) is 7.15. The van der Waals surface area contributed by atoms with Gasteiger partial charge in [-0.1, -0.05) is 11.6 Å². The fourth-order valence-corrected chi connectivity index (χ4v) is 3.71. The molecule has 0 atom stereocenters. The van der Waals surface area contributed by atoms with Crippen molar-refractivity contribution in [3.05, 3.63) is 47.1 Å². The van der Waals surface area contributed by atoms with Crippen LogP contribution in [0.25, 0.3) is 0 Å². The number of hydrogen-bond acceptors (Lipinski definition) is 5. The molecule has 2 heterocycles. The van der Waals surface area contributed by atoms with E-state index in [2.05, 4.69) is 27.2 Å². The molecular formula is C16H15ClN4S. The lowest BCUT2D eigenvalue weighted by molar-refractivity contribution is 0.583. The van der Waals surface area contributed by atoms with Crippen molar-refractivity contribution < 1.29 is 0 Å². The quantitative estimate of drug-likeness (QED) is 0.857. The molecule has 22 heavy (non-hydrogen) atoms. The second-order valence-electron chi connectivity index (χ2n) is 5.15. The van der Waals surface area contributed by atoms with Crippen LogP contribution in [0.5, 0.6) is 0 Å². The molecule has 0 bridgehead atoms. The molecule has 1 aromatic carbocycles. The van der Waals surface area contributed by atoms with Crippen LogP contribution in [0.15, 0.2) is 41.3 Å². The van der Waals surface area contributed by atoms with Gasteiger partial charge in [-0.3, -0.25) is 0 Å². The Balaban J connectivity index is 1.55. The first kappa shape index (κ1) is 15.1. The van der Waals surface area contributed by atoms with Crippen molar-refractivity contribution in [2.75, 3.05) is 18.0 Å². The summed E-state index contributed by atoms with van der Waals surface area (Å²) in [6, 6.07) is 13.6. The van der Waals surface area contributed by atoms with Crippen LogP contribution in [0.1, 0.15) is 18.5 Å². The highest BCUT2D eigenvalue weighted by Crippen LogP contribution is 2.31. The molecule has 0 spiro atoms. The summed E-state index contributed by atoms with van der Waals surface area (Å²) in [4.78, 5) is 3.49. The van der Waals surface area contributed by atoms with Crippen molar-refractivity contribution in [3.63, 3.8) is 0 Å². The zero-order chi connectivity index (χ0) is 15.4. The van der Waals surface area contributed by atoms with Crippen LogP contribution < -0.4 is 4.90 Å². The van der Waals surface area contributed by atoms with Gasteiger partial charge in [-0.05, 0) is 49.2 Å². The highest BCUT2D eigenvalue weighted by Gasteiger charge is 2.21. The number of nitriles is 1. The Bertz CT molecular complexity index is 658. The SMILES string of the molecule is N#Cc1ccc(N2CCC(Sc3ccc(Cl)cc3)CC2)nn1. The van der Waals surface area contributed by atoms with Crippen LogP contribution in [-0.2, 0) is 0 Å². The van der Waals surface area contributed by atoms with E-state index in [0.717, 1.165) is 36.8 Å². The number of hydrogen-bond donors (Lipinski definition) is 0. The van der Waals surface area contributed by atoms with Crippen LogP contribution in [0.4, 0.5) is 5.82 Å². The molecule has 1 fully saturated rings. The molecule has 0 aliphatic carbocycles. The molecule has 0 N–H and O–H groups in total. The van der Waals surface area contributed by atoms with Gasteiger partial charge in [0.15, 0.2) is 11.5 Å². The van der Waals surface area contributed by atoms with E-state index >= 15 is 0 Å². The van der Waals surface area contributed by atoms with Crippen LogP contribution in [-0.4, -0.2) is 28.5 Å². The molecule has 3 rings (SSSR count). The standard InChI is InChI=1S/C16H15ClN4S/c17-12-1-4-14(5-2-12)22-15-7-9-21(10-8-15)16-6-3-13(11-18)19-20-16/h1-6,15H,7-10H2. The van der Waals surface area contributed by atoms with E-state index in [1.165, 1.54) is 4.90 Å². The fraction of sp³-hybridized carbons (Fsp3) is 0.312. The van der Waals surface area contributed by atoms with Crippen molar-refractivity contribution in [1.82, 2.24) is 10.2 Å². The van der Waals surface area contributed by atoms with Crippen molar-refractivity contribution >= 4 is 29.2 Å². The largest absolute Gasteiger partial charge is 0.355 e. The predicted octanol–water partition coefficient (Wildman–Crippen LogP) is 3.76.